The normalized spacial score (nSPS) is 12.5. The Morgan fingerprint density at radius 2 is 1.86 bits per heavy atom. The highest BCUT2D eigenvalue weighted by Gasteiger charge is 2.24. The van der Waals surface area contributed by atoms with Crippen LogP contribution < -0.4 is 5.32 Å². The van der Waals surface area contributed by atoms with Crippen molar-refractivity contribution in [3.8, 4) is 12.3 Å². The van der Waals surface area contributed by atoms with E-state index in [1.807, 2.05) is 0 Å². The molecular formula is C17H29NO3. The summed E-state index contributed by atoms with van der Waals surface area (Å²) in [6.45, 7) is 6.94. The van der Waals surface area contributed by atoms with E-state index in [2.05, 4.69) is 32.0 Å². The third-order valence-corrected chi connectivity index (χ3v) is 3.72. The van der Waals surface area contributed by atoms with Gasteiger partial charge in [0.25, 0.3) is 0 Å². The van der Waals surface area contributed by atoms with Gasteiger partial charge in [0, 0.05) is 25.8 Å². The first-order valence-electron chi connectivity index (χ1n) is 7.69. The minimum absolute atomic E-state index is 0.0486. The lowest BCUT2D eigenvalue weighted by atomic mass is 9.76. The summed E-state index contributed by atoms with van der Waals surface area (Å²) >= 11 is 0. The van der Waals surface area contributed by atoms with Crippen molar-refractivity contribution in [2.24, 2.45) is 11.3 Å². The molecule has 1 atom stereocenters. The number of carboxylic acid groups (broad SMARTS) is 1. The van der Waals surface area contributed by atoms with Gasteiger partial charge in [0.15, 0.2) is 0 Å². The molecule has 0 rings (SSSR count). The molecule has 21 heavy (non-hydrogen) atoms. The van der Waals surface area contributed by atoms with Crippen LogP contribution >= 0.6 is 0 Å². The van der Waals surface area contributed by atoms with Crippen LogP contribution in [0, 0.1) is 23.7 Å². The smallest absolute Gasteiger partial charge is 0.303 e. The van der Waals surface area contributed by atoms with E-state index in [1.54, 1.807) is 0 Å². The number of terminal acetylenes is 1. The number of carboxylic acids is 1. The molecule has 0 bridgehead atoms. The van der Waals surface area contributed by atoms with Crippen LogP contribution in [0.5, 0.6) is 0 Å². The number of rotatable bonds is 10. The van der Waals surface area contributed by atoms with Gasteiger partial charge in [-0.15, -0.1) is 12.3 Å². The lowest BCUT2D eigenvalue weighted by Crippen LogP contribution is -2.29. The Labute approximate surface area is 128 Å². The van der Waals surface area contributed by atoms with E-state index in [0.717, 1.165) is 19.3 Å². The topological polar surface area (TPSA) is 66.4 Å². The zero-order valence-electron chi connectivity index (χ0n) is 13.6. The fourth-order valence-electron chi connectivity index (χ4n) is 2.29. The molecule has 0 aromatic carbocycles. The minimum Gasteiger partial charge on any atom is -0.481 e. The fraction of sp³-hybridized carbons (Fsp3) is 0.765. The van der Waals surface area contributed by atoms with E-state index < -0.39 is 5.97 Å². The molecule has 0 heterocycles. The molecule has 0 fully saturated rings. The maximum absolute atomic E-state index is 11.6. The number of carbonyl (C=O) groups is 2. The standard InChI is InChI=1S/C17H29NO3/c1-5-6-7-8-9-15(19)18-13-12-14(17(2,3)4)10-11-16(20)21/h1,14H,6-13H2,2-4H3,(H,18,19)(H,20,21). The van der Waals surface area contributed by atoms with Crippen LogP contribution in [0.2, 0.25) is 0 Å². The monoisotopic (exact) mass is 295 g/mol. The lowest BCUT2D eigenvalue weighted by molar-refractivity contribution is -0.137. The van der Waals surface area contributed by atoms with Gasteiger partial charge < -0.3 is 10.4 Å². The third kappa shape index (κ3) is 10.9. The number of hydrogen-bond acceptors (Lipinski definition) is 2. The van der Waals surface area contributed by atoms with Crippen LogP contribution in [0.15, 0.2) is 0 Å². The molecule has 4 heteroatoms. The van der Waals surface area contributed by atoms with Crippen LogP contribution in [0.1, 0.15) is 65.7 Å². The molecule has 2 N–H and O–H groups in total. The summed E-state index contributed by atoms with van der Waals surface area (Å²) in [6.07, 6.45) is 9.73. The molecule has 0 saturated carbocycles. The molecule has 0 aliphatic carbocycles. The molecular weight excluding hydrogens is 266 g/mol. The van der Waals surface area contributed by atoms with Crippen molar-refractivity contribution in [3.63, 3.8) is 0 Å². The van der Waals surface area contributed by atoms with E-state index in [1.165, 1.54) is 0 Å². The summed E-state index contributed by atoms with van der Waals surface area (Å²) in [5.41, 5.74) is 0.0486. The van der Waals surface area contributed by atoms with Crippen molar-refractivity contribution < 1.29 is 14.7 Å². The molecule has 0 spiro atoms. The number of aliphatic carboxylic acids is 1. The zero-order valence-corrected chi connectivity index (χ0v) is 13.6. The second-order valence-electron chi connectivity index (χ2n) is 6.55. The van der Waals surface area contributed by atoms with E-state index in [-0.39, 0.29) is 23.7 Å². The van der Waals surface area contributed by atoms with Crippen LogP contribution in [0.4, 0.5) is 0 Å². The van der Waals surface area contributed by atoms with Gasteiger partial charge in [0.2, 0.25) is 5.91 Å². The second-order valence-corrected chi connectivity index (χ2v) is 6.55. The summed E-state index contributed by atoms with van der Waals surface area (Å²) in [5, 5.41) is 11.7. The van der Waals surface area contributed by atoms with Crippen LogP contribution in [-0.4, -0.2) is 23.5 Å². The third-order valence-electron chi connectivity index (χ3n) is 3.72. The van der Waals surface area contributed by atoms with Crippen LogP contribution in [-0.2, 0) is 9.59 Å². The number of nitrogens with one attached hydrogen (secondary N) is 1. The number of hydrogen-bond donors (Lipinski definition) is 2. The van der Waals surface area contributed by atoms with Crippen molar-refractivity contribution >= 4 is 11.9 Å². The molecule has 4 nitrogen and oxygen atoms in total. The molecule has 0 radical (unpaired) electrons. The van der Waals surface area contributed by atoms with Gasteiger partial charge in [-0.3, -0.25) is 9.59 Å². The second kappa shape index (κ2) is 10.3. The van der Waals surface area contributed by atoms with Gasteiger partial charge in [-0.2, -0.15) is 0 Å². The highest BCUT2D eigenvalue weighted by Crippen LogP contribution is 2.32. The molecule has 1 amide bonds. The fourth-order valence-corrected chi connectivity index (χ4v) is 2.29. The maximum Gasteiger partial charge on any atom is 0.303 e. The first-order chi connectivity index (χ1) is 9.77. The quantitative estimate of drug-likeness (QED) is 0.480. The lowest BCUT2D eigenvalue weighted by Gasteiger charge is -2.30. The van der Waals surface area contributed by atoms with Gasteiger partial charge in [0.05, 0.1) is 0 Å². The minimum atomic E-state index is -0.762. The maximum atomic E-state index is 11.6. The molecule has 0 saturated heterocycles. The Hall–Kier alpha value is -1.50. The van der Waals surface area contributed by atoms with Crippen molar-refractivity contribution in [1.29, 1.82) is 0 Å². The van der Waals surface area contributed by atoms with Gasteiger partial charge in [-0.05, 0) is 37.0 Å². The average Bonchev–Trinajstić information content (AvgIpc) is 2.37. The molecule has 1 unspecified atom stereocenters. The van der Waals surface area contributed by atoms with Gasteiger partial charge in [0.1, 0.15) is 0 Å². The summed E-state index contributed by atoms with van der Waals surface area (Å²) in [6, 6.07) is 0. The Morgan fingerprint density at radius 3 is 2.38 bits per heavy atom. The average molecular weight is 295 g/mol. The first-order valence-corrected chi connectivity index (χ1v) is 7.69. The summed E-state index contributed by atoms with van der Waals surface area (Å²) in [4.78, 5) is 22.3. The predicted molar refractivity (Wildman–Crippen MR) is 84.7 cm³/mol. The molecule has 0 aliphatic rings. The largest absolute Gasteiger partial charge is 0.481 e. The molecule has 0 aromatic rings. The highest BCUT2D eigenvalue weighted by atomic mass is 16.4. The SMILES string of the molecule is C#CCCCCC(=O)NCCC(CCC(=O)O)C(C)(C)C. The van der Waals surface area contributed by atoms with Crippen LogP contribution in [0.3, 0.4) is 0 Å². The van der Waals surface area contributed by atoms with E-state index >= 15 is 0 Å². The van der Waals surface area contributed by atoms with Crippen molar-refractivity contribution in [2.45, 2.75) is 65.7 Å². The highest BCUT2D eigenvalue weighted by molar-refractivity contribution is 5.75. The first kappa shape index (κ1) is 19.5. The van der Waals surface area contributed by atoms with Gasteiger partial charge >= 0.3 is 5.97 Å². The zero-order chi connectivity index (χ0) is 16.3. The Morgan fingerprint density at radius 1 is 1.19 bits per heavy atom. The van der Waals surface area contributed by atoms with Gasteiger partial charge in [-0.1, -0.05) is 20.8 Å². The molecule has 0 aliphatic heterocycles. The predicted octanol–water partition coefficient (Wildman–Crippen LogP) is 3.21. The number of unbranched alkanes of at least 4 members (excludes halogenated alkanes) is 2. The van der Waals surface area contributed by atoms with Crippen molar-refractivity contribution in [1.82, 2.24) is 5.32 Å². The summed E-state index contributed by atoms with van der Waals surface area (Å²) in [5.74, 6) is 2.14. The van der Waals surface area contributed by atoms with Gasteiger partial charge in [-0.25, -0.2) is 0 Å². The molecule has 0 aromatic heterocycles. The van der Waals surface area contributed by atoms with Crippen molar-refractivity contribution in [2.75, 3.05) is 6.54 Å². The van der Waals surface area contributed by atoms with E-state index in [4.69, 9.17) is 11.5 Å². The Kier molecular flexibility index (Phi) is 9.53. The van der Waals surface area contributed by atoms with Crippen molar-refractivity contribution in [3.05, 3.63) is 0 Å². The van der Waals surface area contributed by atoms with E-state index in [9.17, 15) is 9.59 Å². The molecule has 120 valence electrons. The number of carbonyl (C=O) groups excluding carboxylic acids is 1. The summed E-state index contributed by atoms with van der Waals surface area (Å²) in [7, 11) is 0. The van der Waals surface area contributed by atoms with E-state index in [0.29, 0.717) is 25.8 Å². The number of amides is 1. The van der Waals surface area contributed by atoms with Crippen LogP contribution in [0.25, 0.3) is 0 Å². The Balaban J connectivity index is 3.99. The summed E-state index contributed by atoms with van der Waals surface area (Å²) < 4.78 is 0. The Bertz CT molecular complexity index is 363.